The first kappa shape index (κ1) is 13.0. The zero-order chi connectivity index (χ0) is 13.0. The molecule has 0 aliphatic heterocycles. The van der Waals surface area contributed by atoms with E-state index >= 15 is 0 Å². The van der Waals surface area contributed by atoms with Crippen molar-refractivity contribution in [3.8, 4) is 11.6 Å². The molecular weight excluding hydrogens is 291 g/mol. The number of halogens is 2. The molecule has 0 radical (unpaired) electrons. The van der Waals surface area contributed by atoms with E-state index in [-0.39, 0.29) is 0 Å². The Labute approximate surface area is 119 Å². The van der Waals surface area contributed by atoms with Gasteiger partial charge in [0, 0.05) is 12.3 Å². The number of ether oxygens (including phenoxy) is 1. The Hall–Kier alpha value is -1.45. The molecular formula is C12H6Cl2N2OS. The maximum Gasteiger partial charge on any atom is 0.219 e. The van der Waals surface area contributed by atoms with Gasteiger partial charge in [-0.25, -0.2) is 4.98 Å². The first-order chi connectivity index (χ1) is 8.70. The average Bonchev–Trinajstić information content (AvgIpc) is 2.36. The fourth-order valence-electron chi connectivity index (χ4n) is 1.27. The van der Waals surface area contributed by atoms with E-state index in [1.807, 2.05) is 0 Å². The molecule has 0 bridgehead atoms. The fourth-order valence-corrected chi connectivity index (χ4v) is 1.93. The number of aliphatic imine (C=N–C) groups is 1. The predicted molar refractivity (Wildman–Crippen MR) is 75.5 cm³/mol. The molecule has 0 fully saturated rings. The van der Waals surface area contributed by atoms with Crippen LogP contribution >= 0.6 is 35.4 Å². The Balaban J connectivity index is 2.37. The number of hydrogen-bond acceptors (Lipinski definition) is 4. The van der Waals surface area contributed by atoms with Crippen LogP contribution in [0.15, 0.2) is 41.5 Å². The van der Waals surface area contributed by atoms with Gasteiger partial charge in [-0.3, -0.25) is 0 Å². The molecule has 0 amide bonds. The van der Waals surface area contributed by atoms with Crippen LogP contribution in [0.1, 0.15) is 0 Å². The molecule has 18 heavy (non-hydrogen) atoms. The summed E-state index contributed by atoms with van der Waals surface area (Å²) in [5.74, 6) is 0.743. The molecule has 0 unspecified atom stereocenters. The van der Waals surface area contributed by atoms with E-state index in [0.29, 0.717) is 27.4 Å². The van der Waals surface area contributed by atoms with Crippen molar-refractivity contribution in [2.24, 2.45) is 4.99 Å². The summed E-state index contributed by atoms with van der Waals surface area (Å²) in [5, 5.41) is 2.91. The fraction of sp³-hybridized carbons (Fsp3) is 0. The Bertz CT molecular complexity index is 590. The topological polar surface area (TPSA) is 34.5 Å². The molecule has 1 aromatic carbocycles. The summed E-state index contributed by atoms with van der Waals surface area (Å²) in [4.78, 5) is 7.82. The van der Waals surface area contributed by atoms with Gasteiger partial charge in [0.15, 0.2) is 5.75 Å². The molecule has 0 atom stereocenters. The molecule has 6 heteroatoms. The van der Waals surface area contributed by atoms with Crippen molar-refractivity contribution in [1.29, 1.82) is 0 Å². The minimum absolute atomic E-state index is 0.331. The standard InChI is InChI=1S/C12H6Cl2N2OS/c13-9-5-8(16-7-18)6-10(14)12(9)17-11-3-1-2-4-15-11/h1-6H. The molecule has 1 aromatic heterocycles. The second kappa shape index (κ2) is 5.94. The highest BCUT2D eigenvalue weighted by molar-refractivity contribution is 7.78. The van der Waals surface area contributed by atoms with Gasteiger partial charge in [-0.05, 0) is 30.4 Å². The van der Waals surface area contributed by atoms with Gasteiger partial charge in [-0.1, -0.05) is 29.3 Å². The van der Waals surface area contributed by atoms with Gasteiger partial charge < -0.3 is 4.74 Å². The monoisotopic (exact) mass is 296 g/mol. The van der Waals surface area contributed by atoms with Gasteiger partial charge in [0.2, 0.25) is 5.88 Å². The molecule has 0 aliphatic rings. The Morgan fingerprint density at radius 1 is 1.22 bits per heavy atom. The molecule has 90 valence electrons. The third-order valence-corrected chi connectivity index (χ3v) is 2.65. The minimum atomic E-state index is 0.331. The summed E-state index contributed by atoms with van der Waals surface area (Å²) in [6.07, 6.45) is 1.61. The molecule has 1 heterocycles. The second-order valence-corrected chi connectivity index (χ2v) is 4.21. The highest BCUT2D eigenvalue weighted by atomic mass is 35.5. The van der Waals surface area contributed by atoms with E-state index in [0.717, 1.165) is 0 Å². The van der Waals surface area contributed by atoms with Gasteiger partial charge in [0.05, 0.1) is 20.9 Å². The lowest BCUT2D eigenvalue weighted by Crippen LogP contribution is -1.88. The summed E-state index contributed by atoms with van der Waals surface area (Å²) in [6.45, 7) is 0. The van der Waals surface area contributed by atoms with E-state index < -0.39 is 0 Å². The molecule has 0 spiro atoms. The smallest absolute Gasteiger partial charge is 0.219 e. The summed E-state index contributed by atoms with van der Waals surface area (Å²) in [5.41, 5.74) is 0.522. The van der Waals surface area contributed by atoms with Crippen molar-refractivity contribution >= 4 is 46.3 Å². The Morgan fingerprint density at radius 2 is 1.94 bits per heavy atom. The van der Waals surface area contributed by atoms with Gasteiger partial charge in [0.25, 0.3) is 0 Å². The van der Waals surface area contributed by atoms with E-state index in [4.69, 9.17) is 27.9 Å². The number of benzene rings is 1. The Kier molecular flexibility index (Phi) is 4.28. The number of hydrogen-bond donors (Lipinski definition) is 0. The molecule has 3 nitrogen and oxygen atoms in total. The summed E-state index contributed by atoms with van der Waals surface area (Å²) in [6, 6.07) is 8.47. The number of thiocarbonyl (C=S) groups is 1. The summed E-state index contributed by atoms with van der Waals surface area (Å²) in [7, 11) is 0. The maximum atomic E-state index is 6.06. The largest absolute Gasteiger partial charge is 0.436 e. The van der Waals surface area contributed by atoms with Gasteiger partial charge in [0.1, 0.15) is 0 Å². The molecule has 0 saturated carbocycles. The zero-order valence-electron chi connectivity index (χ0n) is 8.93. The predicted octanol–water partition coefficient (Wildman–Crippen LogP) is 4.92. The lowest BCUT2D eigenvalue weighted by Gasteiger charge is -2.08. The minimum Gasteiger partial charge on any atom is -0.436 e. The van der Waals surface area contributed by atoms with Crippen molar-refractivity contribution in [2.45, 2.75) is 0 Å². The van der Waals surface area contributed by atoms with Crippen LogP contribution in [0, 0.1) is 0 Å². The average molecular weight is 297 g/mol. The van der Waals surface area contributed by atoms with E-state index in [1.54, 1.807) is 36.5 Å². The molecule has 0 N–H and O–H groups in total. The van der Waals surface area contributed by atoms with Crippen LogP contribution < -0.4 is 4.74 Å². The summed E-state index contributed by atoms with van der Waals surface area (Å²) >= 11 is 16.6. The highest BCUT2D eigenvalue weighted by Gasteiger charge is 2.11. The third-order valence-electron chi connectivity index (χ3n) is 2.00. The lowest BCUT2D eigenvalue weighted by molar-refractivity contribution is 0.463. The lowest BCUT2D eigenvalue weighted by atomic mass is 10.3. The first-order valence-electron chi connectivity index (χ1n) is 4.86. The van der Waals surface area contributed by atoms with Crippen molar-refractivity contribution in [1.82, 2.24) is 4.98 Å². The number of pyridine rings is 1. The van der Waals surface area contributed by atoms with Gasteiger partial charge in [-0.15, -0.1) is 0 Å². The van der Waals surface area contributed by atoms with Crippen LogP contribution in [0.5, 0.6) is 11.6 Å². The van der Waals surface area contributed by atoms with Crippen molar-refractivity contribution in [3.63, 3.8) is 0 Å². The number of rotatable bonds is 3. The Morgan fingerprint density at radius 3 is 2.50 bits per heavy atom. The van der Waals surface area contributed by atoms with E-state index in [2.05, 4.69) is 27.4 Å². The quantitative estimate of drug-likeness (QED) is 0.596. The van der Waals surface area contributed by atoms with Crippen LogP contribution in [0.2, 0.25) is 10.0 Å². The zero-order valence-corrected chi connectivity index (χ0v) is 11.3. The van der Waals surface area contributed by atoms with Crippen LogP contribution in [0.3, 0.4) is 0 Å². The highest BCUT2D eigenvalue weighted by Crippen LogP contribution is 2.38. The van der Waals surface area contributed by atoms with Crippen molar-refractivity contribution in [3.05, 3.63) is 46.6 Å². The molecule has 0 aliphatic carbocycles. The van der Waals surface area contributed by atoms with Gasteiger partial charge >= 0.3 is 0 Å². The molecule has 2 rings (SSSR count). The molecule has 2 aromatic rings. The number of nitrogens with zero attached hydrogens (tertiary/aromatic N) is 2. The van der Waals surface area contributed by atoms with Crippen molar-refractivity contribution < 1.29 is 4.74 Å². The van der Waals surface area contributed by atoms with E-state index in [1.165, 1.54) is 0 Å². The number of isothiocyanates is 1. The van der Waals surface area contributed by atoms with Crippen LogP contribution in [-0.2, 0) is 0 Å². The molecule has 0 saturated heterocycles. The van der Waals surface area contributed by atoms with Crippen LogP contribution in [0.4, 0.5) is 5.69 Å². The SMILES string of the molecule is S=C=Nc1cc(Cl)c(Oc2ccccn2)c(Cl)c1. The normalized spacial score (nSPS) is 9.67. The van der Waals surface area contributed by atoms with E-state index in [9.17, 15) is 0 Å². The van der Waals surface area contributed by atoms with Crippen LogP contribution in [-0.4, -0.2) is 10.1 Å². The summed E-state index contributed by atoms with van der Waals surface area (Å²) < 4.78 is 5.51. The second-order valence-electron chi connectivity index (χ2n) is 3.21. The maximum absolute atomic E-state index is 6.06. The first-order valence-corrected chi connectivity index (χ1v) is 6.03. The van der Waals surface area contributed by atoms with Gasteiger partial charge in [-0.2, -0.15) is 4.99 Å². The van der Waals surface area contributed by atoms with Crippen LogP contribution in [0.25, 0.3) is 0 Å². The van der Waals surface area contributed by atoms with Crippen molar-refractivity contribution in [2.75, 3.05) is 0 Å². The third kappa shape index (κ3) is 3.06. The number of aromatic nitrogens is 1.